The highest BCUT2D eigenvalue weighted by Crippen LogP contribution is 2.51. The van der Waals surface area contributed by atoms with Gasteiger partial charge >= 0.3 is 0 Å². The molecule has 0 aliphatic heterocycles. The standard InChI is InChI=1S/C62H66ClN3/c1-5-9-19-47-29-37-53(38-30-47)64(54-39-31-48(32-40-54)20-10-6-2)60-45-57(66(52-25-14-13-15-26-52)59-28-18-24-51-23-16-17-27-58(51)59)46-61(62(60)63)65(55-41-33-49(34-42-55)21-11-7-3)56-43-35-50(36-44-56)22-12-8-4/h13-18,23-46H,5-12,19-22H2,1-4H3. The molecule has 8 aromatic carbocycles. The van der Waals surface area contributed by atoms with Gasteiger partial charge in [0.2, 0.25) is 0 Å². The van der Waals surface area contributed by atoms with E-state index >= 15 is 0 Å². The van der Waals surface area contributed by atoms with Crippen LogP contribution >= 0.6 is 11.6 Å². The van der Waals surface area contributed by atoms with Gasteiger partial charge in [-0.3, -0.25) is 0 Å². The van der Waals surface area contributed by atoms with Crippen LogP contribution in [0.1, 0.15) is 101 Å². The van der Waals surface area contributed by atoms with Crippen LogP contribution in [0.2, 0.25) is 5.02 Å². The molecule has 4 heteroatoms. The molecule has 0 amide bonds. The summed E-state index contributed by atoms with van der Waals surface area (Å²) in [6.45, 7) is 9.03. The smallest absolute Gasteiger partial charge is 0.0888 e. The highest BCUT2D eigenvalue weighted by molar-refractivity contribution is 6.37. The summed E-state index contributed by atoms with van der Waals surface area (Å²) in [5.41, 5.74) is 14.6. The molecule has 336 valence electrons. The number of rotatable bonds is 21. The van der Waals surface area contributed by atoms with Gasteiger partial charge in [0.25, 0.3) is 0 Å². The van der Waals surface area contributed by atoms with E-state index in [0.717, 1.165) is 128 Å². The van der Waals surface area contributed by atoms with Crippen molar-refractivity contribution in [1.29, 1.82) is 0 Å². The molecule has 0 atom stereocenters. The Morgan fingerprint density at radius 1 is 0.318 bits per heavy atom. The SMILES string of the molecule is CCCCc1ccc(N(c2ccc(CCCC)cc2)c2cc(N(c3ccccc3)c3cccc4ccccc34)cc(N(c3ccc(CCCC)cc3)c3ccc(CCCC)cc3)c2Cl)cc1. The van der Waals surface area contributed by atoms with Gasteiger partial charge in [-0.15, -0.1) is 0 Å². The summed E-state index contributed by atoms with van der Waals surface area (Å²) in [4.78, 5) is 7.15. The molecule has 0 bridgehead atoms. The number of anilines is 9. The summed E-state index contributed by atoms with van der Waals surface area (Å²) >= 11 is 8.16. The monoisotopic (exact) mass is 887 g/mol. The summed E-state index contributed by atoms with van der Waals surface area (Å²) < 4.78 is 0. The van der Waals surface area contributed by atoms with Gasteiger partial charge in [-0.05, 0) is 158 Å². The van der Waals surface area contributed by atoms with Gasteiger partial charge in [-0.25, -0.2) is 0 Å². The Kier molecular flexibility index (Phi) is 15.9. The second-order valence-corrected chi connectivity index (χ2v) is 18.1. The van der Waals surface area contributed by atoms with Gasteiger partial charge in [0.1, 0.15) is 0 Å². The summed E-state index contributed by atoms with van der Waals surface area (Å²) in [5, 5.41) is 3.03. The third-order valence-electron chi connectivity index (χ3n) is 12.8. The molecule has 8 aromatic rings. The molecular formula is C62H66ClN3. The van der Waals surface area contributed by atoms with E-state index in [1.165, 1.54) is 33.0 Å². The maximum atomic E-state index is 8.16. The third kappa shape index (κ3) is 10.9. The van der Waals surface area contributed by atoms with Crippen LogP contribution in [0.5, 0.6) is 0 Å². The number of hydrogen-bond acceptors (Lipinski definition) is 3. The first-order chi connectivity index (χ1) is 32.5. The van der Waals surface area contributed by atoms with E-state index in [1.807, 2.05) is 0 Å². The van der Waals surface area contributed by atoms with Crippen molar-refractivity contribution in [1.82, 2.24) is 0 Å². The van der Waals surface area contributed by atoms with Gasteiger partial charge in [-0.2, -0.15) is 0 Å². The zero-order valence-corrected chi connectivity index (χ0v) is 40.3. The molecule has 0 aromatic heterocycles. The topological polar surface area (TPSA) is 9.72 Å². The largest absolute Gasteiger partial charge is 0.310 e. The highest BCUT2D eigenvalue weighted by atomic mass is 35.5. The van der Waals surface area contributed by atoms with Gasteiger partial charge in [0.05, 0.1) is 27.8 Å². The van der Waals surface area contributed by atoms with Crippen molar-refractivity contribution >= 4 is 73.6 Å². The van der Waals surface area contributed by atoms with Gasteiger partial charge in [0, 0.05) is 33.8 Å². The zero-order chi connectivity index (χ0) is 45.7. The average molecular weight is 889 g/mol. The van der Waals surface area contributed by atoms with E-state index in [1.54, 1.807) is 0 Å². The molecule has 0 fully saturated rings. The molecule has 0 N–H and O–H groups in total. The minimum Gasteiger partial charge on any atom is -0.310 e. The van der Waals surface area contributed by atoms with Crippen molar-refractivity contribution in [2.45, 2.75) is 105 Å². The first-order valence-corrected chi connectivity index (χ1v) is 25.0. The summed E-state index contributed by atoms with van der Waals surface area (Å²) in [6.07, 6.45) is 13.6. The van der Waals surface area contributed by atoms with Crippen LogP contribution in [0.3, 0.4) is 0 Å². The van der Waals surface area contributed by atoms with E-state index in [2.05, 4.69) is 224 Å². The fraction of sp³-hybridized carbons (Fsp3) is 0.258. The molecule has 0 heterocycles. The van der Waals surface area contributed by atoms with Crippen LogP contribution in [0.25, 0.3) is 10.8 Å². The van der Waals surface area contributed by atoms with Crippen LogP contribution in [0.15, 0.2) is 182 Å². The minimum absolute atomic E-state index is 0.667. The molecule has 0 aliphatic rings. The lowest BCUT2D eigenvalue weighted by Gasteiger charge is -2.34. The number of hydrogen-bond donors (Lipinski definition) is 0. The predicted molar refractivity (Wildman–Crippen MR) is 287 cm³/mol. The Bertz CT molecular complexity index is 2510. The lowest BCUT2D eigenvalue weighted by atomic mass is 10.0. The van der Waals surface area contributed by atoms with E-state index in [0.29, 0.717) is 5.02 Å². The Hall–Kier alpha value is -6.29. The first-order valence-electron chi connectivity index (χ1n) is 24.6. The van der Waals surface area contributed by atoms with Crippen LogP contribution in [-0.4, -0.2) is 0 Å². The number of nitrogens with zero attached hydrogens (tertiary/aromatic N) is 3. The summed E-state index contributed by atoms with van der Waals surface area (Å²) in [6, 6.07) is 67.3. The second-order valence-electron chi connectivity index (χ2n) is 17.7. The molecule has 0 spiro atoms. The van der Waals surface area contributed by atoms with Gasteiger partial charge in [0.15, 0.2) is 0 Å². The normalized spacial score (nSPS) is 11.2. The van der Waals surface area contributed by atoms with E-state index in [9.17, 15) is 0 Å². The van der Waals surface area contributed by atoms with Crippen LogP contribution < -0.4 is 14.7 Å². The number of unbranched alkanes of at least 4 members (excludes halogenated alkanes) is 4. The second kappa shape index (κ2) is 22.7. The molecule has 0 saturated carbocycles. The summed E-state index contributed by atoms with van der Waals surface area (Å²) in [7, 11) is 0. The quantitative estimate of drug-likeness (QED) is 0.0712. The predicted octanol–water partition coefficient (Wildman–Crippen LogP) is 19.3. The number of fused-ring (bicyclic) bond motifs is 1. The zero-order valence-electron chi connectivity index (χ0n) is 39.5. The van der Waals surface area contributed by atoms with Crippen molar-refractivity contribution in [3.8, 4) is 0 Å². The van der Waals surface area contributed by atoms with Gasteiger partial charge < -0.3 is 14.7 Å². The summed E-state index contributed by atoms with van der Waals surface area (Å²) in [5.74, 6) is 0. The molecule has 0 aliphatic carbocycles. The Morgan fingerprint density at radius 2 is 0.652 bits per heavy atom. The Balaban J connectivity index is 1.42. The van der Waals surface area contributed by atoms with Crippen molar-refractivity contribution in [3.05, 3.63) is 209 Å². The Morgan fingerprint density at radius 3 is 1.05 bits per heavy atom. The van der Waals surface area contributed by atoms with Crippen molar-refractivity contribution < 1.29 is 0 Å². The van der Waals surface area contributed by atoms with E-state index in [4.69, 9.17) is 11.6 Å². The Labute approximate surface area is 400 Å². The molecule has 3 nitrogen and oxygen atoms in total. The molecular weight excluding hydrogens is 822 g/mol. The first kappa shape index (κ1) is 46.2. The number of aryl methyl sites for hydroxylation is 4. The van der Waals surface area contributed by atoms with E-state index < -0.39 is 0 Å². The number of halogens is 1. The van der Waals surface area contributed by atoms with Crippen molar-refractivity contribution in [3.63, 3.8) is 0 Å². The fourth-order valence-electron chi connectivity index (χ4n) is 9.07. The lowest BCUT2D eigenvalue weighted by Crippen LogP contribution is -2.17. The lowest BCUT2D eigenvalue weighted by molar-refractivity contribution is 0.795. The highest BCUT2D eigenvalue weighted by Gasteiger charge is 2.27. The number of benzene rings is 8. The maximum Gasteiger partial charge on any atom is 0.0888 e. The van der Waals surface area contributed by atoms with Crippen LogP contribution in [0, 0.1) is 0 Å². The van der Waals surface area contributed by atoms with Gasteiger partial charge in [-0.1, -0.05) is 168 Å². The van der Waals surface area contributed by atoms with Crippen molar-refractivity contribution in [2.75, 3.05) is 14.7 Å². The number of para-hydroxylation sites is 1. The molecule has 0 saturated heterocycles. The minimum atomic E-state index is 0.667. The maximum absolute atomic E-state index is 8.16. The van der Waals surface area contributed by atoms with Crippen molar-refractivity contribution in [2.24, 2.45) is 0 Å². The fourth-order valence-corrected chi connectivity index (χ4v) is 9.34. The van der Waals surface area contributed by atoms with Crippen LogP contribution in [-0.2, 0) is 25.7 Å². The van der Waals surface area contributed by atoms with E-state index in [-0.39, 0.29) is 0 Å². The third-order valence-corrected chi connectivity index (χ3v) is 13.2. The van der Waals surface area contributed by atoms with Crippen LogP contribution in [0.4, 0.5) is 51.2 Å². The average Bonchev–Trinajstić information content (AvgIpc) is 3.37. The molecule has 8 rings (SSSR count). The molecule has 0 radical (unpaired) electrons. The molecule has 0 unspecified atom stereocenters. The molecule has 66 heavy (non-hydrogen) atoms.